The number of phosphoric ester groups is 1. The molecule has 0 spiro atoms. The van der Waals surface area contributed by atoms with Crippen molar-refractivity contribution in [1.82, 2.24) is 0 Å². The molecule has 3 unspecified atom stereocenters. The molecular formula is C47H77O15P. The highest BCUT2D eigenvalue weighted by Gasteiger charge is 2.51. The number of allylic oxidation sites excluding steroid dienone is 10. The van der Waals surface area contributed by atoms with Crippen LogP contribution in [0.4, 0.5) is 0 Å². The van der Waals surface area contributed by atoms with E-state index < -0.39 is 87.9 Å². The summed E-state index contributed by atoms with van der Waals surface area (Å²) in [6.07, 6.45) is 25.7. The first-order chi connectivity index (χ1) is 30.2. The Morgan fingerprint density at radius 3 is 1.71 bits per heavy atom. The molecule has 360 valence electrons. The maximum atomic E-state index is 12.8. The monoisotopic (exact) mass is 913 g/mol. The van der Waals surface area contributed by atoms with Crippen molar-refractivity contribution in [2.24, 2.45) is 0 Å². The van der Waals surface area contributed by atoms with Gasteiger partial charge in [0.15, 0.2) is 6.10 Å². The highest BCUT2D eigenvalue weighted by molar-refractivity contribution is 7.47. The Labute approximate surface area is 374 Å². The molecule has 1 fully saturated rings. The number of carbonyl (C=O) groups is 2. The zero-order valence-electron chi connectivity index (χ0n) is 37.3. The van der Waals surface area contributed by atoms with Crippen LogP contribution in [0.5, 0.6) is 0 Å². The minimum Gasteiger partial charge on any atom is -0.462 e. The molecule has 10 atom stereocenters. The molecule has 0 aromatic carbocycles. The summed E-state index contributed by atoms with van der Waals surface area (Å²) in [6.45, 7) is 2.91. The Morgan fingerprint density at radius 2 is 1.11 bits per heavy atom. The van der Waals surface area contributed by atoms with Gasteiger partial charge in [0.05, 0.1) is 18.8 Å². The van der Waals surface area contributed by atoms with E-state index >= 15 is 0 Å². The van der Waals surface area contributed by atoms with Crippen LogP contribution in [0.25, 0.3) is 0 Å². The third-order valence-corrected chi connectivity index (χ3v) is 10.9. The lowest BCUT2D eigenvalue weighted by atomic mass is 9.85. The van der Waals surface area contributed by atoms with Gasteiger partial charge < -0.3 is 50.1 Å². The molecule has 16 heteroatoms. The minimum absolute atomic E-state index is 0.0207. The summed E-state index contributed by atoms with van der Waals surface area (Å²) in [5.74, 6) is -1.29. The number of ether oxygens (including phenoxy) is 2. The fraction of sp³-hybridized carbons (Fsp3) is 0.660. The number of hydrogen-bond acceptors (Lipinski definition) is 14. The summed E-state index contributed by atoms with van der Waals surface area (Å²) < 4.78 is 33.3. The van der Waals surface area contributed by atoms with Crippen molar-refractivity contribution in [2.75, 3.05) is 13.2 Å². The third kappa shape index (κ3) is 29.2. The molecule has 0 saturated heterocycles. The normalized spacial score (nSPS) is 23.5. The van der Waals surface area contributed by atoms with Gasteiger partial charge in [-0.25, -0.2) is 4.57 Å². The van der Waals surface area contributed by atoms with Crippen LogP contribution in [0.3, 0.4) is 0 Å². The number of aliphatic hydroxyl groups excluding tert-OH is 7. The van der Waals surface area contributed by atoms with E-state index in [4.69, 9.17) is 18.5 Å². The van der Waals surface area contributed by atoms with Gasteiger partial charge in [-0.05, 0) is 64.2 Å². The van der Waals surface area contributed by atoms with Crippen LogP contribution in [-0.2, 0) is 32.7 Å². The van der Waals surface area contributed by atoms with E-state index in [0.29, 0.717) is 32.1 Å². The maximum absolute atomic E-state index is 12.8. The fourth-order valence-electron chi connectivity index (χ4n) is 6.19. The first-order valence-electron chi connectivity index (χ1n) is 22.6. The third-order valence-electron chi connectivity index (χ3n) is 9.90. The topological polar surface area (TPSA) is 250 Å². The highest BCUT2D eigenvalue weighted by atomic mass is 31.2. The second kappa shape index (κ2) is 36.2. The van der Waals surface area contributed by atoms with E-state index in [-0.39, 0.29) is 12.8 Å². The fourth-order valence-corrected chi connectivity index (χ4v) is 7.16. The lowest BCUT2D eigenvalue weighted by molar-refractivity contribution is -0.220. The predicted octanol–water partition coefficient (Wildman–Crippen LogP) is 6.44. The lowest BCUT2D eigenvalue weighted by Gasteiger charge is -2.41. The summed E-state index contributed by atoms with van der Waals surface area (Å²) in [7, 11) is -5.17. The van der Waals surface area contributed by atoms with Crippen LogP contribution in [0.2, 0.25) is 0 Å². The number of hydrogen-bond donors (Lipinski definition) is 8. The number of esters is 2. The van der Waals surface area contributed by atoms with Crippen LogP contribution < -0.4 is 0 Å². The van der Waals surface area contributed by atoms with Crippen LogP contribution in [0.1, 0.15) is 129 Å². The predicted molar refractivity (Wildman–Crippen MR) is 242 cm³/mol. The second-order valence-electron chi connectivity index (χ2n) is 15.6. The molecule has 0 aromatic rings. The van der Waals surface area contributed by atoms with Crippen molar-refractivity contribution >= 4 is 19.8 Å². The Morgan fingerprint density at radius 1 is 0.587 bits per heavy atom. The van der Waals surface area contributed by atoms with Crippen molar-refractivity contribution < 1.29 is 73.3 Å². The smallest absolute Gasteiger partial charge is 0.462 e. The quantitative estimate of drug-likeness (QED) is 0.0112. The van der Waals surface area contributed by atoms with Gasteiger partial charge in [-0.3, -0.25) is 18.6 Å². The molecule has 0 aromatic heterocycles. The Hall–Kier alpha value is -3.05. The summed E-state index contributed by atoms with van der Waals surface area (Å²) >= 11 is 0. The molecule has 63 heavy (non-hydrogen) atoms. The molecule has 0 bridgehead atoms. The van der Waals surface area contributed by atoms with Gasteiger partial charge in [-0.2, -0.15) is 0 Å². The zero-order chi connectivity index (χ0) is 46.7. The largest absolute Gasteiger partial charge is 0.472 e. The average Bonchev–Trinajstić information content (AvgIpc) is 3.25. The maximum Gasteiger partial charge on any atom is 0.472 e. The number of unbranched alkanes of at least 4 members (excludes halogenated alkanes) is 9. The van der Waals surface area contributed by atoms with E-state index in [1.165, 1.54) is 25.7 Å². The SMILES string of the molecule is CC/C=C\C[C@@H](O)/C=C/C=C\C=C\[C@@H](O)C/C=C\C/C=C\CCC(=O)OC[C@H](COP(=O)(O)OC1[C@H](O)[C@H](O)C(O)[C@H](O)[C@H]1O)OC(=O)CCCCCCC/C=C\CCCCCC. The highest BCUT2D eigenvalue weighted by Crippen LogP contribution is 2.47. The Bertz CT molecular complexity index is 1460. The van der Waals surface area contributed by atoms with E-state index in [0.717, 1.165) is 44.9 Å². The average molecular weight is 913 g/mol. The van der Waals surface area contributed by atoms with Crippen LogP contribution >= 0.6 is 7.82 Å². The van der Waals surface area contributed by atoms with E-state index in [1.54, 1.807) is 42.5 Å². The van der Waals surface area contributed by atoms with E-state index in [1.807, 2.05) is 37.3 Å². The molecular weight excluding hydrogens is 835 g/mol. The van der Waals surface area contributed by atoms with Crippen molar-refractivity contribution in [3.8, 4) is 0 Å². The Balaban J connectivity index is 2.58. The van der Waals surface area contributed by atoms with Gasteiger partial charge in [0.25, 0.3) is 0 Å². The summed E-state index contributed by atoms with van der Waals surface area (Å²) in [6, 6.07) is 0. The number of phosphoric acid groups is 1. The number of aliphatic hydroxyl groups is 7. The number of rotatable bonds is 35. The molecule has 1 saturated carbocycles. The Kier molecular flexibility index (Phi) is 33.3. The van der Waals surface area contributed by atoms with E-state index in [2.05, 4.69) is 19.1 Å². The van der Waals surface area contributed by atoms with Gasteiger partial charge >= 0.3 is 19.8 Å². The second-order valence-corrected chi connectivity index (χ2v) is 17.0. The van der Waals surface area contributed by atoms with Crippen molar-refractivity contribution in [3.05, 3.63) is 85.1 Å². The zero-order valence-corrected chi connectivity index (χ0v) is 38.2. The molecule has 0 heterocycles. The van der Waals surface area contributed by atoms with Crippen LogP contribution in [0.15, 0.2) is 85.1 Å². The van der Waals surface area contributed by atoms with Gasteiger partial charge in [0.1, 0.15) is 43.2 Å². The summed E-state index contributed by atoms with van der Waals surface area (Å²) in [5.41, 5.74) is 0. The van der Waals surface area contributed by atoms with Gasteiger partial charge in [-0.15, -0.1) is 0 Å². The molecule has 1 aliphatic carbocycles. The first kappa shape index (κ1) is 58.0. The van der Waals surface area contributed by atoms with Crippen LogP contribution in [0, 0.1) is 0 Å². The lowest BCUT2D eigenvalue weighted by Crippen LogP contribution is -2.64. The van der Waals surface area contributed by atoms with Gasteiger partial charge in [-0.1, -0.05) is 137 Å². The standard InChI is InChI=1S/C47H77O15P/c1-3-5-7-8-9-10-11-12-13-14-15-20-28-34-41(51)61-39(36-60-63(57,58)62-47-45(55)43(53)42(52)44(54)46(47)56)35-59-40(50)33-27-19-17-16-18-24-30-38(49)32-26-22-21-25-31-37(48)29-23-6-4-2/h6,10-11,17-19,21-26,31-32,37-39,42-49,52-56H,3-5,7-9,12-16,20,27-30,33-36H2,1-2H3,(H,57,58)/b11-10-,19-17-,22-21-,23-6-,24-18-,31-25+,32-26+/t37-,38+,39-,42?,43-,44+,45-,46-,47?/m1/s1. The summed E-state index contributed by atoms with van der Waals surface area (Å²) in [5, 5.41) is 70.1. The molecule has 0 radical (unpaired) electrons. The van der Waals surface area contributed by atoms with Crippen molar-refractivity contribution in [2.45, 2.75) is 184 Å². The van der Waals surface area contributed by atoms with E-state index in [9.17, 15) is 54.8 Å². The molecule has 1 rings (SSSR count). The summed E-state index contributed by atoms with van der Waals surface area (Å²) in [4.78, 5) is 35.6. The van der Waals surface area contributed by atoms with Gasteiger partial charge in [0.2, 0.25) is 0 Å². The van der Waals surface area contributed by atoms with Crippen LogP contribution in [-0.4, -0.2) is 121 Å². The number of carbonyl (C=O) groups excluding carboxylic acids is 2. The van der Waals surface area contributed by atoms with Crippen molar-refractivity contribution in [1.29, 1.82) is 0 Å². The minimum atomic E-state index is -5.17. The molecule has 8 N–H and O–H groups in total. The van der Waals surface area contributed by atoms with Gasteiger partial charge in [0, 0.05) is 12.8 Å². The molecule has 0 aliphatic heterocycles. The molecule has 1 aliphatic rings. The molecule has 0 amide bonds. The van der Waals surface area contributed by atoms with Crippen molar-refractivity contribution in [3.63, 3.8) is 0 Å². The molecule has 15 nitrogen and oxygen atoms in total. The first-order valence-corrected chi connectivity index (χ1v) is 24.1.